The number of carbonyl (C=O) groups is 3. The SMILES string of the molecule is O=C(C[C@@H]1S/C(=N\N=C2/CSC(=O)N2)N(Cc2ccco2)C1=O)Nc1ccc(Cl)cc1. The zero-order chi connectivity index (χ0) is 21.8. The van der Waals surface area contributed by atoms with Gasteiger partial charge in [0.2, 0.25) is 11.8 Å². The van der Waals surface area contributed by atoms with Gasteiger partial charge in [0.05, 0.1) is 18.6 Å². The Morgan fingerprint density at radius 3 is 2.74 bits per heavy atom. The zero-order valence-electron chi connectivity index (χ0n) is 15.9. The van der Waals surface area contributed by atoms with E-state index < -0.39 is 5.25 Å². The number of nitrogens with zero attached hydrogens (tertiary/aromatic N) is 3. The van der Waals surface area contributed by atoms with Crippen LogP contribution in [-0.2, 0) is 16.1 Å². The normalized spacial score (nSPS) is 21.2. The predicted octanol–water partition coefficient (Wildman–Crippen LogP) is 3.53. The van der Waals surface area contributed by atoms with E-state index in [1.54, 1.807) is 36.4 Å². The summed E-state index contributed by atoms with van der Waals surface area (Å²) < 4.78 is 5.34. The van der Waals surface area contributed by atoms with Gasteiger partial charge in [-0.15, -0.1) is 10.2 Å². The highest BCUT2D eigenvalue weighted by atomic mass is 35.5. The van der Waals surface area contributed by atoms with Crippen LogP contribution in [0.3, 0.4) is 0 Å². The van der Waals surface area contributed by atoms with Crippen LogP contribution in [0.1, 0.15) is 12.2 Å². The standard InChI is InChI=1S/C19H16ClN5O4S2/c20-11-3-5-12(6-4-11)21-16(26)8-14-17(27)25(9-13-2-1-7-29-13)18(31-14)24-23-15-10-30-19(28)22-15/h1-7,14H,8-10H2,(H,21,26)(H,22,23,28)/b24-18-/t14-/m0/s1. The van der Waals surface area contributed by atoms with Crippen LogP contribution < -0.4 is 10.6 Å². The van der Waals surface area contributed by atoms with Gasteiger partial charge in [0, 0.05) is 17.1 Å². The molecule has 2 saturated heterocycles. The number of amides is 3. The number of hydrogen-bond acceptors (Lipinski definition) is 8. The molecule has 0 radical (unpaired) electrons. The van der Waals surface area contributed by atoms with Crippen LogP contribution in [0.25, 0.3) is 0 Å². The van der Waals surface area contributed by atoms with Gasteiger partial charge < -0.3 is 15.1 Å². The molecule has 2 fully saturated rings. The molecule has 31 heavy (non-hydrogen) atoms. The van der Waals surface area contributed by atoms with E-state index in [2.05, 4.69) is 20.8 Å². The van der Waals surface area contributed by atoms with Crippen molar-refractivity contribution < 1.29 is 18.8 Å². The molecule has 3 heterocycles. The Balaban J connectivity index is 1.48. The lowest BCUT2D eigenvalue weighted by Crippen LogP contribution is -2.33. The molecule has 2 aliphatic rings. The van der Waals surface area contributed by atoms with E-state index in [0.717, 1.165) is 23.5 Å². The van der Waals surface area contributed by atoms with Crippen LogP contribution in [0.5, 0.6) is 0 Å². The van der Waals surface area contributed by atoms with Gasteiger partial charge in [-0.25, -0.2) is 0 Å². The van der Waals surface area contributed by atoms with Crippen molar-refractivity contribution in [3.8, 4) is 0 Å². The third-order valence-corrected chi connectivity index (χ3v) is 6.46. The molecule has 2 N–H and O–H groups in total. The first-order valence-electron chi connectivity index (χ1n) is 9.12. The third-order valence-electron chi connectivity index (χ3n) is 4.26. The van der Waals surface area contributed by atoms with Crippen molar-refractivity contribution in [1.29, 1.82) is 0 Å². The number of anilines is 1. The summed E-state index contributed by atoms with van der Waals surface area (Å²) in [6.07, 6.45) is 1.48. The topological polar surface area (TPSA) is 116 Å². The van der Waals surface area contributed by atoms with Crippen LogP contribution in [0, 0.1) is 0 Å². The third kappa shape index (κ3) is 5.49. The highest BCUT2D eigenvalue weighted by molar-refractivity contribution is 8.15. The summed E-state index contributed by atoms with van der Waals surface area (Å²) in [4.78, 5) is 38.2. The quantitative estimate of drug-likeness (QED) is 0.615. The van der Waals surface area contributed by atoms with Crippen molar-refractivity contribution in [1.82, 2.24) is 10.2 Å². The highest BCUT2D eigenvalue weighted by Crippen LogP contribution is 2.31. The van der Waals surface area contributed by atoms with Crippen LogP contribution in [0.15, 0.2) is 57.3 Å². The molecule has 12 heteroatoms. The fourth-order valence-electron chi connectivity index (χ4n) is 2.81. The molecule has 1 aromatic carbocycles. The molecule has 9 nitrogen and oxygen atoms in total. The van der Waals surface area contributed by atoms with Gasteiger partial charge >= 0.3 is 0 Å². The van der Waals surface area contributed by atoms with E-state index >= 15 is 0 Å². The molecule has 2 aromatic rings. The Morgan fingerprint density at radius 2 is 2.06 bits per heavy atom. The summed E-state index contributed by atoms with van der Waals surface area (Å²) in [6, 6.07) is 10.2. The van der Waals surface area contributed by atoms with Crippen LogP contribution in [0.4, 0.5) is 10.5 Å². The van der Waals surface area contributed by atoms with Gasteiger partial charge in [0.1, 0.15) is 16.8 Å². The van der Waals surface area contributed by atoms with Gasteiger partial charge in [0.15, 0.2) is 5.17 Å². The lowest BCUT2D eigenvalue weighted by molar-refractivity contribution is -0.128. The Kier molecular flexibility index (Phi) is 6.64. The van der Waals surface area contributed by atoms with Gasteiger partial charge in [-0.2, -0.15) is 0 Å². The Labute approximate surface area is 190 Å². The van der Waals surface area contributed by atoms with Gasteiger partial charge in [-0.05, 0) is 36.4 Å². The largest absolute Gasteiger partial charge is 0.467 e. The van der Waals surface area contributed by atoms with E-state index in [1.807, 2.05) is 0 Å². The van der Waals surface area contributed by atoms with E-state index in [1.165, 1.54) is 11.2 Å². The smallest absolute Gasteiger partial charge is 0.284 e. The van der Waals surface area contributed by atoms with Crippen LogP contribution in [-0.4, -0.2) is 44.0 Å². The second-order valence-corrected chi connectivity index (χ2v) is 9.05. The number of rotatable bonds is 6. The van der Waals surface area contributed by atoms with Crippen molar-refractivity contribution in [3.05, 3.63) is 53.4 Å². The maximum Gasteiger partial charge on any atom is 0.284 e. The van der Waals surface area contributed by atoms with Crippen molar-refractivity contribution >= 4 is 68.9 Å². The first kappa shape index (κ1) is 21.5. The van der Waals surface area contributed by atoms with Crippen molar-refractivity contribution in [2.24, 2.45) is 10.2 Å². The molecule has 0 bridgehead atoms. The van der Waals surface area contributed by atoms with Gasteiger partial charge in [-0.3, -0.25) is 19.3 Å². The first-order chi connectivity index (χ1) is 15.0. The molecule has 0 spiro atoms. The molecule has 3 amide bonds. The van der Waals surface area contributed by atoms with Crippen LogP contribution in [0.2, 0.25) is 5.02 Å². The number of nitrogens with one attached hydrogen (secondary N) is 2. The van der Waals surface area contributed by atoms with E-state index in [-0.39, 0.29) is 30.0 Å². The lowest BCUT2D eigenvalue weighted by atomic mass is 10.2. The minimum absolute atomic E-state index is 0.0387. The number of carbonyl (C=O) groups excluding carboxylic acids is 3. The number of benzene rings is 1. The summed E-state index contributed by atoms with van der Waals surface area (Å²) in [5.41, 5.74) is 0.590. The zero-order valence-corrected chi connectivity index (χ0v) is 18.3. The molecule has 1 atom stereocenters. The predicted molar refractivity (Wildman–Crippen MR) is 121 cm³/mol. The van der Waals surface area contributed by atoms with Gasteiger partial charge in [0.25, 0.3) is 5.24 Å². The Morgan fingerprint density at radius 1 is 1.26 bits per heavy atom. The fraction of sp³-hybridized carbons (Fsp3) is 0.211. The Bertz CT molecular complexity index is 1060. The molecular formula is C19H16ClN5O4S2. The maximum atomic E-state index is 13.0. The first-order valence-corrected chi connectivity index (χ1v) is 11.4. The molecule has 1 aromatic heterocycles. The molecule has 4 rings (SSSR count). The highest BCUT2D eigenvalue weighted by Gasteiger charge is 2.40. The summed E-state index contributed by atoms with van der Waals surface area (Å²) in [7, 11) is 0. The Hall–Kier alpha value is -2.76. The summed E-state index contributed by atoms with van der Waals surface area (Å²) in [6.45, 7) is 0.166. The molecular weight excluding hydrogens is 462 g/mol. The minimum Gasteiger partial charge on any atom is -0.467 e. The number of furan rings is 1. The average Bonchev–Trinajstić information content (AvgIpc) is 3.46. The van der Waals surface area contributed by atoms with Crippen molar-refractivity contribution in [2.75, 3.05) is 11.1 Å². The molecule has 2 aliphatic heterocycles. The summed E-state index contributed by atoms with van der Waals surface area (Å²) in [5.74, 6) is 0.802. The monoisotopic (exact) mass is 477 g/mol. The molecule has 0 aliphatic carbocycles. The van der Waals surface area contributed by atoms with Crippen LogP contribution >= 0.6 is 35.1 Å². The maximum absolute atomic E-state index is 13.0. The van der Waals surface area contributed by atoms with E-state index in [9.17, 15) is 14.4 Å². The van der Waals surface area contributed by atoms with Gasteiger partial charge in [-0.1, -0.05) is 35.1 Å². The molecule has 0 unspecified atom stereocenters. The summed E-state index contributed by atoms with van der Waals surface area (Å²) in [5, 5.41) is 13.6. The van der Waals surface area contributed by atoms with E-state index in [4.69, 9.17) is 16.0 Å². The van der Waals surface area contributed by atoms with Crippen molar-refractivity contribution in [2.45, 2.75) is 18.2 Å². The lowest BCUT2D eigenvalue weighted by Gasteiger charge is -2.14. The number of amidine groups is 2. The molecule has 0 saturated carbocycles. The number of hydrogen-bond donors (Lipinski definition) is 2. The second kappa shape index (κ2) is 9.58. The fourth-order valence-corrected chi connectivity index (χ4v) is 4.61. The number of thioether (sulfide) groups is 2. The number of halogens is 1. The summed E-state index contributed by atoms with van der Waals surface area (Å²) >= 11 is 8.10. The average molecular weight is 478 g/mol. The van der Waals surface area contributed by atoms with Crippen molar-refractivity contribution in [3.63, 3.8) is 0 Å². The minimum atomic E-state index is -0.659. The second-order valence-electron chi connectivity index (χ2n) is 6.50. The van der Waals surface area contributed by atoms with E-state index in [0.29, 0.717) is 33.2 Å². The molecule has 160 valence electrons.